The van der Waals surface area contributed by atoms with Crippen LogP contribution in [-0.4, -0.2) is 36.8 Å². The predicted octanol–water partition coefficient (Wildman–Crippen LogP) is 1.35. The van der Waals surface area contributed by atoms with Crippen LogP contribution >= 0.6 is 0 Å². The van der Waals surface area contributed by atoms with Gasteiger partial charge in [0.25, 0.3) is 0 Å². The summed E-state index contributed by atoms with van der Waals surface area (Å²) in [6.07, 6.45) is 3.09. The topological polar surface area (TPSA) is 76.3 Å². The monoisotopic (exact) mass is 291 g/mol. The third-order valence-electron chi connectivity index (χ3n) is 3.72. The van der Waals surface area contributed by atoms with E-state index in [0.717, 1.165) is 0 Å². The summed E-state index contributed by atoms with van der Waals surface area (Å²) in [5.74, 6) is 0. The van der Waals surface area contributed by atoms with Crippen LogP contribution < -0.4 is 5.73 Å². The fourth-order valence-electron chi connectivity index (χ4n) is 2.56. The normalized spacial score (nSPS) is 18.4. The van der Waals surface area contributed by atoms with Crippen LogP contribution in [0.5, 0.6) is 0 Å². The van der Waals surface area contributed by atoms with Gasteiger partial charge in [-0.1, -0.05) is 6.07 Å². The predicted molar refractivity (Wildman–Crippen MR) is 77.7 cm³/mol. The quantitative estimate of drug-likeness (QED) is 0.906. The van der Waals surface area contributed by atoms with Gasteiger partial charge in [-0.2, -0.15) is 4.31 Å². The van der Waals surface area contributed by atoms with Crippen LogP contribution in [-0.2, 0) is 10.0 Å². The highest BCUT2D eigenvalue weighted by Crippen LogP contribution is 2.26. The Bertz CT molecular complexity index is 717. The molecule has 5 nitrogen and oxygen atoms in total. The first-order valence-electron chi connectivity index (χ1n) is 6.68. The number of nitrogens with zero attached hydrogens (tertiary/aromatic N) is 2. The van der Waals surface area contributed by atoms with Crippen molar-refractivity contribution in [2.45, 2.75) is 23.8 Å². The minimum absolute atomic E-state index is 0.107. The summed E-state index contributed by atoms with van der Waals surface area (Å²) in [4.78, 5) is 4.54. The summed E-state index contributed by atoms with van der Waals surface area (Å²) >= 11 is 0. The van der Waals surface area contributed by atoms with Crippen molar-refractivity contribution in [2.75, 3.05) is 13.1 Å². The van der Waals surface area contributed by atoms with Crippen LogP contribution in [0.3, 0.4) is 0 Å². The standard InChI is InChI=1S/C14H17N3O2S/c15-11-6-9-17(10-7-11)20(18,19)14-5-1-4-13-12(14)3-2-8-16-13/h1-5,8,11H,6-7,9-10,15H2. The molecule has 0 bridgehead atoms. The maximum absolute atomic E-state index is 12.8. The lowest BCUT2D eigenvalue weighted by atomic mass is 10.1. The fraction of sp³-hybridized carbons (Fsp3) is 0.357. The van der Waals surface area contributed by atoms with Crippen molar-refractivity contribution in [3.8, 4) is 0 Å². The molecule has 0 saturated carbocycles. The van der Waals surface area contributed by atoms with Crippen molar-refractivity contribution in [2.24, 2.45) is 5.73 Å². The summed E-state index contributed by atoms with van der Waals surface area (Å²) in [5, 5.41) is 0.671. The van der Waals surface area contributed by atoms with Gasteiger partial charge in [-0.3, -0.25) is 4.98 Å². The number of hydrogen-bond acceptors (Lipinski definition) is 4. The molecular weight excluding hydrogens is 274 g/mol. The first kappa shape index (κ1) is 13.5. The van der Waals surface area contributed by atoms with E-state index in [1.54, 1.807) is 30.5 Å². The van der Waals surface area contributed by atoms with E-state index in [1.807, 2.05) is 6.07 Å². The Kier molecular flexibility index (Phi) is 3.45. The van der Waals surface area contributed by atoms with E-state index in [0.29, 0.717) is 41.7 Å². The molecule has 20 heavy (non-hydrogen) atoms. The van der Waals surface area contributed by atoms with Crippen molar-refractivity contribution >= 4 is 20.9 Å². The molecule has 2 N–H and O–H groups in total. The van der Waals surface area contributed by atoms with Crippen LogP contribution in [0.15, 0.2) is 41.4 Å². The largest absolute Gasteiger partial charge is 0.328 e. The maximum Gasteiger partial charge on any atom is 0.243 e. The van der Waals surface area contributed by atoms with E-state index in [1.165, 1.54) is 4.31 Å². The number of rotatable bonds is 2. The van der Waals surface area contributed by atoms with E-state index in [-0.39, 0.29) is 6.04 Å². The number of nitrogens with two attached hydrogens (primary N) is 1. The Morgan fingerprint density at radius 3 is 2.65 bits per heavy atom. The summed E-state index contributed by atoms with van der Waals surface area (Å²) < 4.78 is 27.1. The average Bonchev–Trinajstić information content (AvgIpc) is 2.47. The van der Waals surface area contributed by atoms with Gasteiger partial charge in [-0.15, -0.1) is 0 Å². The Morgan fingerprint density at radius 2 is 1.90 bits per heavy atom. The number of piperidine rings is 1. The number of aromatic nitrogens is 1. The summed E-state index contributed by atoms with van der Waals surface area (Å²) in [7, 11) is -3.47. The van der Waals surface area contributed by atoms with E-state index in [4.69, 9.17) is 5.73 Å². The number of fused-ring (bicyclic) bond motifs is 1. The molecule has 106 valence electrons. The summed E-state index contributed by atoms with van der Waals surface area (Å²) in [5.41, 5.74) is 6.53. The zero-order valence-electron chi connectivity index (χ0n) is 11.1. The van der Waals surface area contributed by atoms with E-state index in [9.17, 15) is 8.42 Å². The van der Waals surface area contributed by atoms with Crippen LogP contribution in [0.1, 0.15) is 12.8 Å². The molecule has 6 heteroatoms. The Hall–Kier alpha value is -1.50. The van der Waals surface area contributed by atoms with Crippen molar-refractivity contribution < 1.29 is 8.42 Å². The lowest BCUT2D eigenvalue weighted by Gasteiger charge is -2.29. The van der Waals surface area contributed by atoms with Crippen LogP contribution in [0, 0.1) is 0 Å². The lowest BCUT2D eigenvalue weighted by Crippen LogP contribution is -2.42. The van der Waals surface area contributed by atoms with Crippen LogP contribution in [0.2, 0.25) is 0 Å². The van der Waals surface area contributed by atoms with Crippen molar-refractivity contribution in [1.29, 1.82) is 0 Å². The lowest BCUT2D eigenvalue weighted by molar-refractivity contribution is 0.320. The molecule has 1 aliphatic rings. The molecule has 1 saturated heterocycles. The molecule has 0 unspecified atom stereocenters. The molecule has 2 heterocycles. The highest BCUT2D eigenvalue weighted by molar-refractivity contribution is 7.89. The molecule has 0 aliphatic carbocycles. The zero-order chi connectivity index (χ0) is 14.2. The molecule has 2 aromatic rings. The first-order valence-corrected chi connectivity index (χ1v) is 8.12. The Labute approximate surface area is 118 Å². The van der Waals surface area contributed by atoms with Crippen LogP contribution in [0.4, 0.5) is 0 Å². The Balaban J connectivity index is 2.05. The van der Waals surface area contributed by atoms with Gasteiger partial charge in [0.15, 0.2) is 0 Å². The van der Waals surface area contributed by atoms with Gasteiger partial charge in [-0.25, -0.2) is 8.42 Å². The molecule has 0 spiro atoms. The number of benzene rings is 1. The first-order chi connectivity index (χ1) is 9.59. The summed E-state index contributed by atoms with van der Waals surface area (Å²) in [6, 6.07) is 8.86. The molecule has 0 atom stereocenters. The fourth-order valence-corrected chi connectivity index (χ4v) is 4.23. The zero-order valence-corrected chi connectivity index (χ0v) is 11.9. The molecule has 1 aromatic heterocycles. The molecule has 1 aromatic carbocycles. The van der Waals surface area contributed by atoms with Crippen molar-refractivity contribution in [3.63, 3.8) is 0 Å². The molecular formula is C14H17N3O2S. The smallest absolute Gasteiger partial charge is 0.243 e. The number of pyridine rings is 1. The minimum atomic E-state index is -3.47. The van der Waals surface area contributed by atoms with Crippen molar-refractivity contribution in [3.05, 3.63) is 36.5 Å². The van der Waals surface area contributed by atoms with Gasteiger partial charge in [0.1, 0.15) is 0 Å². The second-order valence-corrected chi connectivity index (χ2v) is 6.97. The molecule has 1 fully saturated rings. The maximum atomic E-state index is 12.8. The van der Waals surface area contributed by atoms with Gasteiger partial charge >= 0.3 is 0 Å². The van der Waals surface area contributed by atoms with Gasteiger partial charge in [0.2, 0.25) is 10.0 Å². The van der Waals surface area contributed by atoms with E-state index in [2.05, 4.69) is 4.98 Å². The second kappa shape index (κ2) is 5.12. The van der Waals surface area contributed by atoms with Crippen molar-refractivity contribution in [1.82, 2.24) is 9.29 Å². The molecule has 1 aliphatic heterocycles. The summed E-state index contributed by atoms with van der Waals surface area (Å²) in [6.45, 7) is 0.973. The number of hydrogen-bond donors (Lipinski definition) is 1. The van der Waals surface area contributed by atoms with E-state index < -0.39 is 10.0 Å². The SMILES string of the molecule is NC1CCN(S(=O)(=O)c2cccc3ncccc23)CC1. The van der Waals surface area contributed by atoms with Gasteiger partial charge in [-0.05, 0) is 37.1 Å². The minimum Gasteiger partial charge on any atom is -0.328 e. The number of sulfonamides is 1. The van der Waals surface area contributed by atoms with Gasteiger partial charge in [0.05, 0.1) is 10.4 Å². The second-order valence-electron chi connectivity index (χ2n) is 5.07. The molecule has 0 amide bonds. The third-order valence-corrected chi connectivity index (χ3v) is 5.68. The van der Waals surface area contributed by atoms with Gasteiger partial charge in [0, 0.05) is 30.7 Å². The Morgan fingerprint density at radius 1 is 1.15 bits per heavy atom. The molecule has 3 rings (SSSR count). The van der Waals surface area contributed by atoms with Gasteiger partial charge < -0.3 is 5.73 Å². The highest BCUT2D eigenvalue weighted by atomic mass is 32.2. The average molecular weight is 291 g/mol. The third kappa shape index (κ3) is 2.30. The van der Waals surface area contributed by atoms with Crippen LogP contribution in [0.25, 0.3) is 10.9 Å². The van der Waals surface area contributed by atoms with E-state index >= 15 is 0 Å². The highest BCUT2D eigenvalue weighted by Gasteiger charge is 2.29. The molecule has 0 radical (unpaired) electrons.